The normalized spacial score (nSPS) is 23.2. The van der Waals surface area contributed by atoms with Crippen molar-refractivity contribution in [3.05, 3.63) is 65.2 Å². The highest BCUT2D eigenvalue weighted by molar-refractivity contribution is 5.34. The van der Waals surface area contributed by atoms with Crippen molar-refractivity contribution in [3.63, 3.8) is 0 Å². The summed E-state index contributed by atoms with van der Waals surface area (Å²) in [4.78, 5) is 4.81. The molecule has 2 saturated heterocycles. The summed E-state index contributed by atoms with van der Waals surface area (Å²) in [6.45, 7) is 5.72. The van der Waals surface area contributed by atoms with Crippen molar-refractivity contribution < 1.29 is 17.9 Å². The zero-order valence-corrected chi connectivity index (χ0v) is 16.7. The van der Waals surface area contributed by atoms with Gasteiger partial charge in [0.05, 0.1) is 0 Å². The van der Waals surface area contributed by atoms with Gasteiger partial charge in [-0.25, -0.2) is 0 Å². The van der Waals surface area contributed by atoms with Crippen LogP contribution in [-0.4, -0.2) is 41.8 Å². The number of ether oxygens (including phenoxy) is 1. The van der Waals surface area contributed by atoms with Crippen LogP contribution in [0.15, 0.2) is 48.5 Å². The van der Waals surface area contributed by atoms with Crippen molar-refractivity contribution in [1.29, 1.82) is 0 Å². The number of alkyl halides is 3. The molecule has 0 saturated carbocycles. The minimum atomic E-state index is -4.68. The molecule has 2 atom stereocenters. The smallest absolute Gasteiger partial charge is 0.405 e. The van der Waals surface area contributed by atoms with E-state index in [-0.39, 0.29) is 11.8 Å². The molecule has 2 aliphatic heterocycles. The van der Waals surface area contributed by atoms with Crippen LogP contribution in [0.3, 0.4) is 0 Å². The van der Waals surface area contributed by atoms with E-state index in [1.54, 1.807) is 18.2 Å². The second-order valence-corrected chi connectivity index (χ2v) is 8.15. The van der Waals surface area contributed by atoms with Gasteiger partial charge in [-0.2, -0.15) is 0 Å². The predicted molar refractivity (Wildman–Crippen MR) is 107 cm³/mol. The van der Waals surface area contributed by atoms with Gasteiger partial charge in [0.2, 0.25) is 0 Å². The molecule has 0 N–H and O–H groups in total. The number of aryl methyl sites for hydroxylation is 1. The SMILES string of the molecule is Cc1ccc(C2CC(CN3CCCC3)N2Cc2ccccc2OC(F)(F)F)cc1. The van der Waals surface area contributed by atoms with Crippen LogP contribution < -0.4 is 4.74 Å². The van der Waals surface area contributed by atoms with E-state index in [9.17, 15) is 13.2 Å². The first kappa shape index (κ1) is 20.2. The number of nitrogens with zero attached hydrogens (tertiary/aromatic N) is 2. The first-order chi connectivity index (χ1) is 13.9. The van der Waals surface area contributed by atoms with Gasteiger partial charge in [-0.05, 0) is 50.9 Å². The highest BCUT2D eigenvalue weighted by Gasteiger charge is 2.41. The molecule has 2 aliphatic rings. The summed E-state index contributed by atoms with van der Waals surface area (Å²) in [7, 11) is 0. The average molecular weight is 404 g/mol. The number of para-hydroxylation sites is 1. The first-order valence-corrected chi connectivity index (χ1v) is 10.3. The highest BCUT2D eigenvalue weighted by atomic mass is 19.4. The summed E-state index contributed by atoms with van der Waals surface area (Å²) < 4.78 is 42.8. The second-order valence-electron chi connectivity index (χ2n) is 8.15. The number of rotatable bonds is 6. The van der Waals surface area contributed by atoms with Crippen molar-refractivity contribution in [2.24, 2.45) is 0 Å². The topological polar surface area (TPSA) is 15.7 Å². The summed E-state index contributed by atoms with van der Waals surface area (Å²) in [6.07, 6.45) is -1.19. The van der Waals surface area contributed by atoms with Gasteiger partial charge < -0.3 is 9.64 Å². The highest BCUT2D eigenvalue weighted by Crippen LogP contribution is 2.42. The van der Waals surface area contributed by atoms with E-state index in [0.29, 0.717) is 18.2 Å². The summed E-state index contributed by atoms with van der Waals surface area (Å²) in [5, 5.41) is 0. The van der Waals surface area contributed by atoms with Crippen molar-refractivity contribution in [2.45, 2.75) is 51.2 Å². The number of halogens is 3. The van der Waals surface area contributed by atoms with E-state index in [1.165, 1.54) is 30.0 Å². The van der Waals surface area contributed by atoms with Gasteiger partial charge in [-0.1, -0.05) is 48.0 Å². The summed E-state index contributed by atoms with van der Waals surface area (Å²) in [5.74, 6) is -0.102. The van der Waals surface area contributed by atoms with Crippen molar-refractivity contribution in [1.82, 2.24) is 9.80 Å². The summed E-state index contributed by atoms with van der Waals surface area (Å²) in [6, 6.07) is 15.5. The van der Waals surface area contributed by atoms with E-state index >= 15 is 0 Å². The minimum absolute atomic E-state index is 0.102. The molecule has 0 radical (unpaired) electrons. The molecule has 6 heteroatoms. The Bertz CT molecular complexity index is 816. The van der Waals surface area contributed by atoms with Crippen LogP contribution in [0.25, 0.3) is 0 Å². The maximum atomic E-state index is 12.8. The van der Waals surface area contributed by atoms with Gasteiger partial charge in [0.1, 0.15) is 5.75 Å². The molecule has 2 aromatic rings. The van der Waals surface area contributed by atoms with Crippen molar-refractivity contribution in [3.8, 4) is 5.75 Å². The van der Waals surface area contributed by atoms with Gasteiger partial charge in [0.25, 0.3) is 0 Å². The third kappa shape index (κ3) is 4.93. The van der Waals surface area contributed by atoms with Gasteiger partial charge in [-0.15, -0.1) is 13.2 Å². The largest absolute Gasteiger partial charge is 0.573 e. The van der Waals surface area contributed by atoms with E-state index in [0.717, 1.165) is 26.1 Å². The molecule has 0 bridgehead atoms. The predicted octanol–water partition coefficient (Wildman–Crippen LogP) is 5.31. The zero-order valence-electron chi connectivity index (χ0n) is 16.7. The average Bonchev–Trinajstić information content (AvgIpc) is 3.17. The molecular weight excluding hydrogens is 377 g/mol. The Kier molecular flexibility index (Phi) is 5.83. The summed E-state index contributed by atoms with van der Waals surface area (Å²) in [5.41, 5.74) is 3.01. The van der Waals surface area contributed by atoms with Crippen LogP contribution in [0, 0.1) is 6.92 Å². The lowest BCUT2D eigenvalue weighted by Crippen LogP contribution is -2.54. The fraction of sp³-hybridized carbons (Fsp3) is 0.478. The number of hydrogen-bond acceptors (Lipinski definition) is 3. The lowest BCUT2D eigenvalue weighted by Gasteiger charge is -2.50. The molecule has 0 aromatic heterocycles. The quantitative estimate of drug-likeness (QED) is 0.649. The van der Waals surface area contributed by atoms with Crippen molar-refractivity contribution in [2.75, 3.05) is 19.6 Å². The molecule has 29 heavy (non-hydrogen) atoms. The van der Waals surface area contributed by atoms with Crippen LogP contribution in [0.4, 0.5) is 13.2 Å². The van der Waals surface area contributed by atoms with Gasteiger partial charge in [0.15, 0.2) is 0 Å². The van der Waals surface area contributed by atoms with Crippen LogP contribution in [0.1, 0.15) is 42.0 Å². The molecule has 2 heterocycles. The summed E-state index contributed by atoms with van der Waals surface area (Å²) >= 11 is 0. The molecule has 3 nitrogen and oxygen atoms in total. The number of likely N-dealkylation sites (tertiary alicyclic amines) is 2. The first-order valence-electron chi connectivity index (χ1n) is 10.3. The molecule has 2 aromatic carbocycles. The number of hydrogen-bond donors (Lipinski definition) is 0. The molecule has 2 fully saturated rings. The lowest BCUT2D eigenvalue weighted by molar-refractivity contribution is -0.275. The zero-order chi connectivity index (χ0) is 20.4. The molecular formula is C23H27F3N2O. The molecule has 2 unspecified atom stereocenters. The van der Waals surface area contributed by atoms with Crippen LogP contribution in [0.5, 0.6) is 5.75 Å². The molecule has 0 spiro atoms. The molecule has 156 valence electrons. The third-order valence-electron chi connectivity index (χ3n) is 6.05. The molecule has 4 rings (SSSR count). The van der Waals surface area contributed by atoms with Crippen LogP contribution >= 0.6 is 0 Å². The van der Waals surface area contributed by atoms with E-state index in [4.69, 9.17) is 0 Å². The second kappa shape index (κ2) is 8.36. The Morgan fingerprint density at radius 3 is 2.38 bits per heavy atom. The van der Waals surface area contributed by atoms with Crippen molar-refractivity contribution >= 4 is 0 Å². The Hall–Kier alpha value is -2.05. The van der Waals surface area contributed by atoms with E-state index in [1.807, 2.05) is 0 Å². The van der Waals surface area contributed by atoms with Gasteiger partial charge in [-0.3, -0.25) is 4.90 Å². The maximum Gasteiger partial charge on any atom is 0.573 e. The number of benzene rings is 2. The Labute approximate surface area is 170 Å². The molecule has 0 aliphatic carbocycles. The standard InChI is InChI=1S/C23H27F3N2O/c1-17-8-10-18(11-9-17)21-14-20(16-27-12-4-5-13-27)28(21)15-19-6-2-3-7-22(19)29-23(24,25)26/h2-3,6-11,20-21H,4-5,12-16H2,1H3. The fourth-order valence-corrected chi connectivity index (χ4v) is 4.50. The van der Waals surface area contributed by atoms with Gasteiger partial charge in [0, 0.05) is 30.7 Å². The van der Waals surface area contributed by atoms with E-state index < -0.39 is 6.36 Å². The fourth-order valence-electron chi connectivity index (χ4n) is 4.50. The minimum Gasteiger partial charge on any atom is -0.405 e. The Morgan fingerprint density at radius 2 is 1.69 bits per heavy atom. The lowest BCUT2D eigenvalue weighted by atomic mass is 9.86. The maximum absolute atomic E-state index is 12.8. The van der Waals surface area contributed by atoms with Crippen LogP contribution in [-0.2, 0) is 6.54 Å². The monoisotopic (exact) mass is 404 g/mol. The Balaban J connectivity index is 1.55. The van der Waals surface area contributed by atoms with Crippen LogP contribution in [0.2, 0.25) is 0 Å². The molecule has 0 amide bonds. The third-order valence-corrected chi connectivity index (χ3v) is 6.05. The van der Waals surface area contributed by atoms with E-state index in [2.05, 4.69) is 45.7 Å². The Morgan fingerprint density at radius 1 is 1.00 bits per heavy atom. The van der Waals surface area contributed by atoms with Gasteiger partial charge >= 0.3 is 6.36 Å².